The van der Waals surface area contributed by atoms with Crippen LogP contribution in [0, 0.1) is 0 Å². The van der Waals surface area contributed by atoms with Gasteiger partial charge in [-0.15, -0.1) is 0 Å². The molecule has 120 valence electrons. The number of carbonyl (C=O) groups is 2. The molecule has 23 heavy (non-hydrogen) atoms. The summed E-state index contributed by atoms with van der Waals surface area (Å²) in [6.45, 7) is 3.61. The maximum Gasteiger partial charge on any atom is 0.370 e. The molecule has 7 heteroatoms. The minimum atomic E-state index is -1.09. The van der Waals surface area contributed by atoms with Crippen molar-refractivity contribution in [3.63, 3.8) is 0 Å². The van der Waals surface area contributed by atoms with Crippen molar-refractivity contribution in [3.05, 3.63) is 41.7 Å². The van der Waals surface area contributed by atoms with E-state index >= 15 is 0 Å². The van der Waals surface area contributed by atoms with Gasteiger partial charge in [0, 0.05) is 5.56 Å². The maximum absolute atomic E-state index is 11.9. The van der Waals surface area contributed by atoms with Crippen LogP contribution in [0.5, 0.6) is 5.88 Å². The highest BCUT2D eigenvalue weighted by Crippen LogP contribution is 2.28. The molecule has 0 aliphatic rings. The van der Waals surface area contributed by atoms with Crippen molar-refractivity contribution in [2.75, 3.05) is 6.54 Å². The Kier molecular flexibility index (Phi) is 5.02. The Hall–Kier alpha value is -2.80. The van der Waals surface area contributed by atoms with Gasteiger partial charge in [0.15, 0.2) is 0 Å². The van der Waals surface area contributed by atoms with Crippen LogP contribution in [0.2, 0.25) is 0 Å². The summed E-state index contributed by atoms with van der Waals surface area (Å²) < 4.78 is 4.47. The van der Waals surface area contributed by atoms with E-state index in [4.69, 9.17) is 5.73 Å². The number of carbonyl (C=O) groups excluding carboxylic acids is 2. The second-order valence-electron chi connectivity index (χ2n) is 5.14. The van der Waals surface area contributed by atoms with Crippen LogP contribution < -0.4 is 5.73 Å². The molecule has 2 aromatic rings. The Morgan fingerprint density at radius 2 is 2.00 bits per heavy atom. The number of aromatic nitrogens is 2. The topological polar surface area (TPSA) is 115 Å². The van der Waals surface area contributed by atoms with Gasteiger partial charge in [-0.1, -0.05) is 38.1 Å². The summed E-state index contributed by atoms with van der Waals surface area (Å²) in [5.41, 5.74) is 6.86. The first-order valence-electron chi connectivity index (χ1n) is 7.04. The molecule has 1 aromatic carbocycles. The molecule has 3 N–H and O–H groups in total. The van der Waals surface area contributed by atoms with Crippen LogP contribution in [0.25, 0.3) is 11.3 Å². The molecule has 0 atom stereocenters. The summed E-state index contributed by atoms with van der Waals surface area (Å²) in [5.74, 6) is -2.37. The predicted molar refractivity (Wildman–Crippen MR) is 82.7 cm³/mol. The molecule has 0 saturated carbocycles. The van der Waals surface area contributed by atoms with E-state index < -0.39 is 30.1 Å². The third-order valence-electron chi connectivity index (χ3n) is 3.18. The smallest absolute Gasteiger partial charge is 0.370 e. The average Bonchev–Trinajstić information content (AvgIpc) is 2.55. The third kappa shape index (κ3) is 3.70. The lowest BCUT2D eigenvalue weighted by atomic mass is 9.95. The van der Waals surface area contributed by atoms with E-state index in [-0.39, 0.29) is 5.92 Å². The molecule has 0 amide bonds. The first-order valence-corrected chi connectivity index (χ1v) is 7.04. The molecule has 0 bridgehead atoms. The normalized spacial score (nSPS) is 10.6. The highest BCUT2D eigenvalue weighted by atomic mass is 16.6. The summed E-state index contributed by atoms with van der Waals surface area (Å²) in [7, 11) is 0. The fraction of sp³-hybridized carbons (Fsp3) is 0.250. The molecule has 2 rings (SSSR count). The van der Waals surface area contributed by atoms with E-state index in [0.717, 1.165) is 11.1 Å². The lowest BCUT2D eigenvalue weighted by Gasteiger charge is -2.12. The second-order valence-corrected chi connectivity index (χ2v) is 5.14. The van der Waals surface area contributed by atoms with Crippen molar-refractivity contribution < 1.29 is 19.4 Å². The van der Waals surface area contributed by atoms with Crippen LogP contribution in [0.1, 0.15) is 35.8 Å². The van der Waals surface area contributed by atoms with E-state index in [1.165, 1.54) is 6.20 Å². The quantitative estimate of drug-likeness (QED) is 0.650. The largest absolute Gasteiger partial charge is 0.492 e. The van der Waals surface area contributed by atoms with Crippen LogP contribution >= 0.6 is 0 Å². The lowest BCUT2D eigenvalue weighted by Crippen LogP contribution is -2.21. The van der Waals surface area contributed by atoms with Gasteiger partial charge in [-0.25, -0.2) is 14.8 Å². The number of rotatable bonds is 4. The molecule has 0 unspecified atom stereocenters. The minimum absolute atomic E-state index is 0.232. The molecule has 0 spiro atoms. The Labute approximate surface area is 133 Å². The zero-order valence-electron chi connectivity index (χ0n) is 12.8. The molecule has 1 heterocycles. The molecule has 0 aliphatic heterocycles. The van der Waals surface area contributed by atoms with Gasteiger partial charge in [-0.2, -0.15) is 0 Å². The van der Waals surface area contributed by atoms with E-state index in [1.807, 2.05) is 38.1 Å². The number of hydrogen-bond donors (Lipinski definition) is 2. The first kappa shape index (κ1) is 16.6. The lowest BCUT2D eigenvalue weighted by molar-refractivity contribution is -0.136. The molecule has 0 aliphatic carbocycles. The molecule has 7 nitrogen and oxygen atoms in total. The van der Waals surface area contributed by atoms with Crippen LogP contribution in [-0.2, 0) is 9.53 Å². The fourth-order valence-electron chi connectivity index (χ4n) is 2.08. The average molecular weight is 315 g/mol. The Balaban J connectivity index is 2.45. The summed E-state index contributed by atoms with van der Waals surface area (Å²) >= 11 is 0. The summed E-state index contributed by atoms with van der Waals surface area (Å²) in [6.07, 6.45) is 1.36. The monoisotopic (exact) mass is 315 g/mol. The van der Waals surface area contributed by atoms with Gasteiger partial charge in [0.2, 0.25) is 11.6 Å². The highest BCUT2D eigenvalue weighted by Gasteiger charge is 2.21. The number of hydrogen-bond acceptors (Lipinski definition) is 7. The van der Waals surface area contributed by atoms with Crippen molar-refractivity contribution in [2.24, 2.45) is 5.73 Å². The zero-order valence-corrected chi connectivity index (χ0v) is 12.8. The molecular formula is C16H17N3O4. The molecule has 0 saturated heterocycles. The van der Waals surface area contributed by atoms with Gasteiger partial charge in [0.1, 0.15) is 0 Å². The molecule has 1 aromatic heterocycles. The van der Waals surface area contributed by atoms with Gasteiger partial charge >= 0.3 is 11.9 Å². The number of benzene rings is 1. The number of aromatic hydroxyl groups is 1. The van der Waals surface area contributed by atoms with Crippen molar-refractivity contribution in [2.45, 2.75) is 19.8 Å². The van der Waals surface area contributed by atoms with Crippen LogP contribution in [-0.4, -0.2) is 33.6 Å². The number of nitrogens with zero attached hydrogens (tertiary/aromatic N) is 2. The van der Waals surface area contributed by atoms with Crippen LogP contribution in [0.3, 0.4) is 0 Å². The second kappa shape index (κ2) is 6.97. The molecular weight excluding hydrogens is 298 g/mol. The van der Waals surface area contributed by atoms with Gasteiger partial charge < -0.3 is 15.6 Å². The van der Waals surface area contributed by atoms with Gasteiger partial charge in [-0.05, 0) is 11.5 Å². The van der Waals surface area contributed by atoms with Gasteiger partial charge in [-0.3, -0.25) is 4.79 Å². The van der Waals surface area contributed by atoms with Gasteiger partial charge in [0.25, 0.3) is 0 Å². The highest BCUT2D eigenvalue weighted by molar-refractivity contribution is 5.97. The number of nitrogens with two attached hydrogens (primary N) is 1. The summed E-state index contributed by atoms with van der Waals surface area (Å²) in [5, 5.41) is 9.70. The summed E-state index contributed by atoms with van der Waals surface area (Å²) in [4.78, 5) is 30.8. The van der Waals surface area contributed by atoms with Crippen molar-refractivity contribution in [1.82, 2.24) is 9.97 Å². The summed E-state index contributed by atoms with van der Waals surface area (Å²) in [6, 6.07) is 7.54. The van der Waals surface area contributed by atoms with Crippen molar-refractivity contribution in [3.8, 4) is 17.1 Å². The fourth-order valence-corrected chi connectivity index (χ4v) is 2.08. The van der Waals surface area contributed by atoms with E-state index in [1.54, 1.807) is 0 Å². The Morgan fingerprint density at radius 1 is 1.30 bits per heavy atom. The first-order chi connectivity index (χ1) is 10.9. The zero-order chi connectivity index (χ0) is 17.0. The van der Waals surface area contributed by atoms with Crippen LogP contribution in [0.4, 0.5) is 0 Å². The molecule has 0 fully saturated rings. The minimum Gasteiger partial charge on any atom is -0.492 e. The number of ether oxygens (including phenoxy) is 1. The van der Waals surface area contributed by atoms with Crippen molar-refractivity contribution in [1.29, 1.82) is 0 Å². The Morgan fingerprint density at radius 3 is 2.65 bits per heavy atom. The third-order valence-corrected chi connectivity index (χ3v) is 3.18. The van der Waals surface area contributed by atoms with Crippen LogP contribution in [0.15, 0.2) is 30.5 Å². The standard InChI is InChI=1S/C16H17N3O4/c1-9(2)10-5-3-4-6-11(10)12-8-18-15(21)14(19-12)16(22)23-13(20)7-17/h3-6,8-9H,7,17H2,1-2H3,(H,18,21). The van der Waals surface area contributed by atoms with Crippen molar-refractivity contribution >= 4 is 11.9 Å². The number of esters is 2. The van der Waals surface area contributed by atoms with E-state index in [0.29, 0.717) is 5.69 Å². The van der Waals surface area contributed by atoms with Gasteiger partial charge in [0.05, 0.1) is 18.4 Å². The van der Waals surface area contributed by atoms with E-state index in [2.05, 4.69) is 14.7 Å². The predicted octanol–water partition coefficient (Wildman–Crippen LogP) is 1.61. The Bertz CT molecular complexity index is 744. The maximum atomic E-state index is 11.9. The van der Waals surface area contributed by atoms with E-state index in [9.17, 15) is 14.7 Å². The molecule has 0 radical (unpaired) electrons. The SMILES string of the molecule is CC(C)c1ccccc1-c1cnc(O)c(C(=O)OC(=O)CN)n1.